The molecule has 1 N–H and O–H groups in total. The lowest BCUT2D eigenvalue weighted by Gasteiger charge is -2.38. The molecule has 2 aliphatic rings. The standard InChI is InChI=1S/C24H32N4O3/c29-22(16-20-8-4-5-9-20)27-14-11-24(12-15-27,23(30)31)17-21-18-28(26-25-21)13-10-19-6-2-1-3-7-19/h1-3,6-7,18,20H,4-5,8-17H2,(H,30,31). The molecule has 4 rings (SSSR count). The van der Waals surface area contributed by atoms with Crippen LogP contribution in [-0.2, 0) is 29.0 Å². The van der Waals surface area contributed by atoms with Crippen molar-refractivity contribution in [1.29, 1.82) is 0 Å². The molecule has 0 spiro atoms. The van der Waals surface area contributed by atoms with Crippen molar-refractivity contribution in [3.05, 3.63) is 47.8 Å². The van der Waals surface area contributed by atoms with E-state index in [0.29, 0.717) is 56.9 Å². The summed E-state index contributed by atoms with van der Waals surface area (Å²) in [5.74, 6) is -0.0865. The van der Waals surface area contributed by atoms with Crippen LogP contribution in [0, 0.1) is 11.3 Å². The first-order valence-electron chi connectivity index (χ1n) is 11.5. The summed E-state index contributed by atoms with van der Waals surface area (Å²) in [5, 5.41) is 18.4. The number of carboxylic acids is 1. The molecule has 1 amide bonds. The number of aryl methyl sites for hydroxylation is 2. The third-order valence-electron chi connectivity index (χ3n) is 7.04. The summed E-state index contributed by atoms with van der Waals surface area (Å²) in [5.41, 5.74) is 1.07. The van der Waals surface area contributed by atoms with Gasteiger partial charge in [-0.25, -0.2) is 0 Å². The van der Waals surface area contributed by atoms with Gasteiger partial charge < -0.3 is 10.0 Å². The van der Waals surface area contributed by atoms with Crippen molar-refractivity contribution in [1.82, 2.24) is 19.9 Å². The topological polar surface area (TPSA) is 88.3 Å². The van der Waals surface area contributed by atoms with Gasteiger partial charge >= 0.3 is 5.97 Å². The van der Waals surface area contributed by atoms with Gasteiger partial charge in [0.15, 0.2) is 0 Å². The molecular weight excluding hydrogens is 392 g/mol. The lowest BCUT2D eigenvalue weighted by Crippen LogP contribution is -2.47. The van der Waals surface area contributed by atoms with E-state index >= 15 is 0 Å². The Hall–Kier alpha value is -2.70. The van der Waals surface area contributed by atoms with Crippen LogP contribution in [0.4, 0.5) is 0 Å². The van der Waals surface area contributed by atoms with Crippen LogP contribution >= 0.6 is 0 Å². The van der Waals surface area contributed by atoms with Gasteiger partial charge in [-0.3, -0.25) is 14.3 Å². The first-order valence-corrected chi connectivity index (χ1v) is 11.5. The van der Waals surface area contributed by atoms with Crippen molar-refractivity contribution in [3.8, 4) is 0 Å². The minimum Gasteiger partial charge on any atom is -0.481 e. The minimum absolute atomic E-state index is 0.192. The zero-order chi connectivity index (χ0) is 21.7. The van der Waals surface area contributed by atoms with E-state index in [9.17, 15) is 14.7 Å². The average Bonchev–Trinajstić information content (AvgIpc) is 3.45. The van der Waals surface area contributed by atoms with E-state index in [1.807, 2.05) is 29.3 Å². The third-order valence-corrected chi connectivity index (χ3v) is 7.04. The van der Waals surface area contributed by atoms with Crippen LogP contribution in [0.5, 0.6) is 0 Å². The summed E-state index contributed by atoms with van der Waals surface area (Å²) in [6.07, 6.45) is 9.39. The number of carbonyl (C=O) groups is 2. The number of carboxylic acid groups (broad SMARTS) is 1. The summed E-state index contributed by atoms with van der Waals surface area (Å²) < 4.78 is 1.79. The predicted octanol–water partition coefficient (Wildman–Crippen LogP) is 3.34. The molecule has 1 aliphatic heterocycles. The van der Waals surface area contributed by atoms with Crippen LogP contribution in [0.1, 0.15) is 56.2 Å². The predicted molar refractivity (Wildman–Crippen MR) is 116 cm³/mol. The number of aromatic nitrogens is 3. The molecule has 1 aromatic heterocycles. The lowest BCUT2D eigenvalue weighted by molar-refractivity contribution is -0.154. The second-order valence-corrected chi connectivity index (χ2v) is 9.21. The molecule has 31 heavy (non-hydrogen) atoms. The van der Waals surface area contributed by atoms with Crippen molar-refractivity contribution in [2.45, 2.75) is 64.3 Å². The van der Waals surface area contributed by atoms with Gasteiger partial charge in [-0.2, -0.15) is 0 Å². The molecule has 7 nitrogen and oxygen atoms in total. The van der Waals surface area contributed by atoms with Gasteiger partial charge in [-0.1, -0.05) is 48.4 Å². The zero-order valence-corrected chi connectivity index (χ0v) is 18.1. The molecule has 2 aromatic rings. The first kappa shape index (κ1) is 21.5. The van der Waals surface area contributed by atoms with Crippen LogP contribution in [0.15, 0.2) is 36.5 Å². The highest BCUT2D eigenvalue weighted by molar-refractivity contribution is 5.78. The van der Waals surface area contributed by atoms with Gasteiger partial charge in [0.25, 0.3) is 0 Å². The molecule has 0 unspecified atom stereocenters. The number of amides is 1. The zero-order valence-electron chi connectivity index (χ0n) is 18.1. The molecule has 1 aliphatic carbocycles. The van der Waals surface area contributed by atoms with Crippen LogP contribution < -0.4 is 0 Å². The Balaban J connectivity index is 1.32. The first-order chi connectivity index (χ1) is 15.0. The van der Waals surface area contributed by atoms with Crippen LogP contribution in [0.2, 0.25) is 0 Å². The van der Waals surface area contributed by atoms with Gasteiger partial charge in [0, 0.05) is 38.7 Å². The maximum atomic E-state index is 12.6. The molecule has 0 atom stereocenters. The van der Waals surface area contributed by atoms with E-state index in [-0.39, 0.29) is 5.91 Å². The van der Waals surface area contributed by atoms with E-state index < -0.39 is 11.4 Å². The monoisotopic (exact) mass is 424 g/mol. The Morgan fingerprint density at radius 2 is 1.81 bits per heavy atom. The molecule has 1 aromatic carbocycles. The van der Waals surface area contributed by atoms with Crippen molar-refractivity contribution in [2.75, 3.05) is 13.1 Å². The van der Waals surface area contributed by atoms with Crippen molar-refractivity contribution < 1.29 is 14.7 Å². The van der Waals surface area contributed by atoms with E-state index in [1.54, 1.807) is 4.68 Å². The highest BCUT2D eigenvalue weighted by Crippen LogP contribution is 2.36. The summed E-state index contributed by atoms with van der Waals surface area (Å²) >= 11 is 0. The van der Waals surface area contributed by atoms with Gasteiger partial charge in [-0.05, 0) is 43.6 Å². The molecule has 2 fully saturated rings. The maximum Gasteiger partial charge on any atom is 0.310 e. The number of rotatable bonds is 8. The van der Waals surface area contributed by atoms with Gasteiger partial charge in [0.05, 0.1) is 11.1 Å². The lowest BCUT2D eigenvalue weighted by atomic mass is 9.75. The summed E-state index contributed by atoms with van der Waals surface area (Å²) in [6.45, 7) is 1.74. The van der Waals surface area contributed by atoms with Gasteiger partial charge in [0.1, 0.15) is 0 Å². The number of carbonyl (C=O) groups excluding carboxylic acids is 1. The van der Waals surface area contributed by atoms with Crippen LogP contribution in [0.25, 0.3) is 0 Å². The van der Waals surface area contributed by atoms with Gasteiger partial charge in [0.2, 0.25) is 5.91 Å². The Morgan fingerprint density at radius 3 is 2.48 bits per heavy atom. The van der Waals surface area contributed by atoms with Crippen molar-refractivity contribution >= 4 is 11.9 Å². The number of aliphatic carboxylic acids is 1. The number of hydrogen-bond donors (Lipinski definition) is 1. The average molecular weight is 425 g/mol. The third kappa shape index (κ3) is 5.32. The van der Waals surface area contributed by atoms with E-state index in [4.69, 9.17) is 0 Å². The summed E-state index contributed by atoms with van der Waals surface area (Å²) in [4.78, 5) is 26.7. The van der Waals surface area contributed by atoms with Crippen LogP contribution in [-0.4, -0.2) is 50.0 Å². The minimum atomic E-state index is -0.871. The number of benzene rings is 1. The summed E-state index contributed by atoms with van der Waals surface area (Å²) in [7, 11) is 0. The van der Waals surface area contributed by atoms with Gasteiger partial charge in [-0.15, -0.1) is 5.10 Å². The second-order valence-electron chi connectivity index (χ2n) is 9.21. The Morgan fingerprint density at radius 1 is 1.10 bits per heavy atom. The molecule has 1 saturated heterocycles. The smallest absolute Gasteiger partial charge is 0.310 e. The Labute approximate surface area is 183 Å². The molecule has 1 saturated carbocycles. The molecule has 0 bridgehead atoms. The summed E-state index contributed by atoms with van der Waals surface area (Å²) in [6, 6.07) is 10.2. The highest BCUT2D eigenvalue weighted by atomic mass is 16.4. The number of piperidine rings is 1. The quantitative estimate of drug-likeness (QED) is 0.702. The molecule has 166 valence electrons. The fourth-order valence-corrected chi connectivity index (χ4v) is 5.00. The number of likely N-dealkylation sites (tertiary alicyclic amines) is 1. The van der Waals surface area contributed by atoms with Crippen LogP contribution in [0.3, 0.4) is 0 Å². The van der Waals surface area contributed by atoms with Crippen molar-refractivity contribution in [3.63, 3.8) is 0 Å². The number of hydrogen-bond acceptors (Lipinski definition) is 4. The SMILES string of the molecule is O=C(CC1CCCC1)N1CCC(Cc2cn(CCc3ccccc3)nn2)(C(=O)O)CC1. The highest BCUT2D eigenvalue weighted by Gasteiger charge is 2.43. The Kier molecular flexibility index (Phi) is 6.68. The molecule has 2 heterocycles. The fraction of sp³-hybridized carbons (Fsp3) is 0.583. The van der Waals surface area contributed by atoms with E-state index in [2.05, 4.69) is 22.4 Å². The van der Waals surface area contributed by atoms with E-state index in [0.717, 1.165) is 19.3 Å². The number of nitrogens with zero attached hydrogens (tertiary/aromatic N) is 4. The van der Waals surface area contributed by atoms with E-state index in [1.165, 1.54) is 18.4 Å². The molecular formula is C24H32N4O3. The van der Waals surface area contributed by atoms with Crippen molar-refractivity contribution in [2.24, 2.45) is 11.3 Å². The molecule has 0 radical (unpaired) electrons. The fourth-order valence-electron chi connectivity index (χ4n) is 5.00. The maximum absolute atomic E-state index is 12.6. The largest absolute Gasteiger partial charge is 0.481 e. The molecule has 7 heteroatoms. The normalized spacial score (nSPS) is 18.9. The second kappa shape index (κ2) is 9.62. The Bertz CT molecular complexity index is 881.